The van der Waals surface area contributed by atoms with Gasteiger partial charge in [0.2, 0.25) is 0 Å². The van der Waals surface area contributed by atoms with Gasteiger partial charge in [0, 0.05) is 0 Å². The summed E-state index contributed by atoms with van der Waals surface area (Å²) in [6.07, 6.45) is 0. The van der Waals surface area contributed by atoms with Gasteiger partial charge in [-0.1, -0.05) is 0 Å². The van der Waals surface area contributed by atoms with Crippen molar-refractivity contribution in [2.24, 2.45) is 0 Å². The fraction of sp³-hybridized carbons (Fsp3) is 0. The summed E-state index contributed by atoms with van der Waals surface area (Å²) in [7, 11) is 3.66. The summed E-state index contributed by atoms with van der Waals surface area (Å²) in [5, 5.41) is 0. The van der Waals surface area contributed by atoms with Gasteiger partial charge >= 0.3 is 65.1 Å². The Kier molecular flexibility index (Phi) is 258. The molecule has 0 aromatic rings. The fourth-order valence-electron chi connectivity index (χ4n) is 0. The third-order valence-corrected chi connectivity index (χ3v) is 0. The van der Waals surface area contributed by atoms with Crippen molar-refractivity contribution >= 4 is 52.9 Å². The van der Waals surface area contributed by atoms with E-state index in [1.165, 1.54) is 0 Å². The molecule has 0 aliphatic heterocycles. The summed E-state index contributed by atoms with van der Waals surface area (Å²) in [4.78, 5) is 0. The molecule has 90 valence electrons. The van der Waals surface area contributed by atoms with Crippen LogP contribution in [0.2, 0.25) is 0 Å². The fourth-order valence-corrected chi connectivity index (χ4v) is 0. The zero-order chi connectivity index (χ0) is 4.50. The Labute approximate surface area is 103 Å². The molecule has 0 spiro atoms. The first-order valence-corrected chi connectivity index (χ1v) is 5.96. The van der Waals surface area contributed by atoms with E-state index < -0.39 is 12.9 Å². The van der Waals surface area contributed by atoms with Gasteiger partial charge in [-0.25, -0.2) is 0 Å². The number of hydrogen-bond acceptors (Lipinski definition) is 1. The molecule has 0 aromatic heterocycles. The Balaban J connectivity index is -0.00000000286. The van der Waals surface area contributed by atoms with Crippen molar-refractivity contribution in [3.63, 3.8) is 0 Å². The molecule has 0 rings (SSSR count). The minimum absolute atomic E-state index is 0. The van der Waals surface area contributed by atoms with Gasteiger partial charge in [-0.05, 0) is 0 Å². The Hall–Kier alpha value is 1.38. The first-order chi connectivity index (χ1) is 2.00. The Morgan fingerprint density at radius 1 is 0.615 bits per heavy atom. The van der Waals surface area contributed by atoms with Crippen LogP contribution in [-0.4, -0.2) is 93.1 Å². The van der Waals surface area contributed by atoms with Crippen LogP contribution in [0.5, 0.6) is 0 Å². The second-order valence-corrected chi connectivity index (χ2v) is 5.21. The summed E-state index contributed by atoms with van der Waals surface area (Å²) >= 11 is -4.29. The quantitative estimate of drug-likeness (QED) is 0.367. The standard InChI is InChI=1S/AsH3O3S.Na.7H2O.H/c2-1(3,4)5;;;;;;;;;/h(H3,2,3,4,5);;7*1H2;. The molecule has 17 N–H and O–H groups in total. The molecule has 0 unspecified atom stereocenters. The van der Waals surface area contributed by atoms with Gasteiger partial charge in [-0.3, -0.25) is 0 Å². The zero-order valence-electron chi connectivity index (χ0n) is 5.70. The molecule has 0 saturated heterocycles. The SMILES string of the molecule is O.O.O.O.O.O.O.O[As](O)(O)=S.[NaH]. The molecule has 0 atom stereocenters. The average Bonchev–Trinajstić information content (AvgIpc) is 0.722. The molecule has 0 fully saturated rings. The van der Waals surface area contributed by atoms with Crippen molar-refractivity contribution in [1.29, 1.82) is 0 Å². The maximum absolute atomic E-state index is 7.62. The molecular formula is H18AsNaO10S. The van der Waals surface area contributed by atoms with E-state index in [4.69, 9.17) is 12.3 Å². The van der Waals surface area contributed by atoms with Crippen molar-refractivity contribution in [2.75, 3.05) is 0 Å². The summed E-state index contributed by atoms with van der Waals surface area (Å²) in [6.45, 7) is 0. The molecule has 13 heavy (non-hydrogen) atoms. The van der Waals surface area contributed by atoms with Crippen LogP contribution in [0.1, 0.15) is 0 Å². The third kappa shape index (κ3) is 912. The average molecular weight is 308 g/mol. The molecule has 0 amide bonds. The van der Waals surface area contributed by atoms with Crippen LogP contribution in [0, 0.1) is 0 Å². The van der Waals surface area contributed by atoms with Gasteiger partial charge in [0.05, 0.1) is 0 Å². The van der Waals surface area contributed by atoms with Crippen molar-refractivity contribution in [2.45, 2.75) is 0 Å². The molecule has 0 radical (unpaired) electrons. The van der Waals surface area contributed by atoms with Gasteiger partial charge in [0.1, 0.15) is 0 Å². The molecule has 0 bridgehead atoms. The van der Waals surface area contributed by atoms with Crippen LogP contribution in [-0.2, 0) is 0 Å². The first-order valence-electron chi connectivity index (χ1n) is 0.783. The van der Waals surface area contributed by atoms with Crippen molar-refractivity contribution < 1.29 is 50.6 Å². The van der Waals surface area contributed by atoms with Crippen molar-refractivity contribution in [3.05, 3.63) is 0 Å². The molecule has 0 heterocycles. The zero-order valence-corrected chi connectivity index (χ0v) is 8.39. The van der Waals surface area contributed by atoms with Gasteiger partial charge in [0.15, 0.2) is 0 Å². The van der Waals surface area contributed by atoms with Gasteiger partial charge < -0.3 is 38.3 Å². The third-order valence-electron chi connectivity index (χ3n) is 0. The topological polar surface area (TPSA) is 281 Å². The van der Waals surface area contributed by atoms with E-state index in [1.54, 1.807) is 0 Å². The summed E-state index contributed by atoms with van der Waals surface area (Å²) in [5.41, 5.74) is 0. The molecule has 0 aliphatic carbocycles. The predicted octanol–water partition coefficient (Wildman–Crippen LogP) is -7.82. The molecule has 0 saturated carbocycles. The van der Waals surface area contributed by atoms with E-state index in [-0.39, 0.29) is 67.9 Å². The molecule has 0 aliphatic rings. The van der Waals surface area contributed by atoms with E-state index in [0.29, 0.717) is 0 Å². The van der Waals surface area contributed by atoms with Crippen molar-refractivity contribution in [3.8, 4) is 0 Å². The number of rotatable bonds is 0. The van der Waals surface area contributed by atoms with Crippen molar-refractivity contribution in [1.82, 2.24) is 0 Å². The van der Waals surface area contributed by atoms with E-state index in [1.807, 2.05) is 0 Å². The maximum atomic E-state index is 7.62. The predicted molar refractivity (Wildman–Crippen MR) is 52.4 cm³/mol. The van der Waals surface area contributed by atoms with Crippen LogP contribution in [0.25, 0.3) is 0 Å². The van der Waals surface area contributed by atoms with Crippen LogP contribution < -0.4 is 0 Å². The molecular weight excluding hydrogens is 290 g/mol. The summed E-state index contributed by atoms with van der Waals surface area (Å²) < 4.78 is 22.9. The first kappa shape index (κ1) is 89.0. The van der Waals surface area contributed by atoms with Crippen LogP contribution >= 0.6 is 10.4 Å². The molecule has 10 nitrogen and oxygen atoms in total. The monoisotopic (exact) mass is 308 g/mol. The van der Waals surface area contributed by atoms with Gasteiger partial charge in [0.25, 0.3) is 0 Å². The summed E-state index contributed by atoms with van der Waals surface area (Å²) in [6, 6.07) is 0. The van der Waals surface area contributed by atoms with E-state index in [2.05, 4.69) is 10.4 Å². The van der Waals surface area contributed by atoms with E-state index in [9.17, 15) is 0 Å². The minimum atomic E-state index is -4.29. The second kappa shape index (κ2) is 37.7. The number of hydrogen-bond donors (Lipinski definition) is 3. The Bertz CT molecular complexity index is 61.1. The summed E-state index contributed by atoms with van der Waals surface area (Å²) in [5.74, 6) is 0. The van der Waals surface area contributed by atoms with Gasteiger partial charge in [-0.15, -0.1) is 0 Å². The Morgan fingerprint density at radius 2 is 0.615 bits per heavy atom. The molecule has 13 heteroatoms. The molecule has 0 aromatic carbocycles. The second-order valence-electron chi connectivity index (χ2n) is 0.513. The Morgan fingerprint density at radius 3 is 0.615 bits per heavy atom. The van der Waals surface area contributed by atoms with E-state index >= 15 is 0 Å². The normalized spacial score (nSPS) is 4.54. The van der Waals surface area contributed by atoms with Crippen LogP contribution in [0.3, 0.4) is 0 Å². The van der Waals surface area contributed by atoms with Crippen LogP contribution in [0.4, 0.5) is 0 Å². The van der Waals surface area contributed by atoms with Gasteiger partial charge in [-0.2, -0.15) is 0 Å². The van der Waals surface area contributed by atoms with Crippen LogP contribution in [0.15, 0.2) is 0 Å². The van der Waals surface area contributed by atoms with E-state index in [0.717, 1.165) is 0 Å².